The highest BCUT2D eigenvalue weighted by atomic mass is 127. The Morgan fingerprint density at radius 2 is 2.05 bits per heavy atom. The van der Waals surface area contributed by atoms with Crippen molar-refractivity contribution in [1.82, 2.24) is 0 Å². The molecule has 1 atom stereocenters. The van der Waals surface area contributed by atoms with Crippen molar-refractivity contribution >= 4 is 28.3 Å². The third-order valence-electron chi connectivity index (χ3n) is 3.64. The molecule has 0 radical (unpaired) electrons. The van der Waals surface area contributed by atoms with Gasteiger partial charge in [-0.05, 0) is 71.7 Å². The van der Waals surface area contributed by atoms with Gasteiger partial charge in [-0.3, -0.25) is 0 Å². The Bertz CT molecular complexity index is 624. The van der Waals surface area contributed by atoms with Gasteiger partial charge in [0.1, 0.15) is 5.82 Å². The maximum absolute atomic E-state index is 13.1. The lowest BCUT2D eigenvalue weighted by Gasteiger charge is -2.17. The molecule has 1 N–H and O–H groups in total. The van der Waals surface area contributed by atoms with Crippen molar-refractivity contribution in [2.45, 2.75) is 25.8 Å². The molecule has 0 amide bonds. The Balaban J connectivity index is 1.88. The zero-order chi connectivity index (χ0) is 13.4. The summed E-state index contributed by atoms with van der Waals surface area (Å²) >= 11 is 2.18. The van der Waals surface area contributed by atoms with Crippen LogP contribution in [0.3, 0.4) is 0 Å². The maximum atomic E-state index is 13.1. The first kappa shape index (κ1) is 12.9. The van der Waals surface area contributed by atoms with Gasteiger partial charge in [0, 0.05) is 9.26 Å². The topological polar surface area (TPSA) is 12.0 Å². The van der Waals surface area contributed by atoms with E-state index >= 15 is 0 Å². The molecule has 0 bridgehead atoms. The summed E-state index contributed by atoms with van der Waals surface area (Å²) in [5.41, 5.74) is 5.13. The summed E-state index contributed by atoms with van der Waals surface area (Å²) in [4.78, 5) is 0. The molecule has 1 aliphatic rings. The van der Waals surface area contributed by atoms with Crippen molar-refractivity contribution in [3.63, 3.8) is 0 Å². The van der Waals surface area contributed by atoms with Gasteiger partial charge in [-0.25, -0.2) is 4.39 Å². The number of nitrogens with one attached hydrogen (secondary N) is 1. The largest absolute Gasteiger partial charge is 0.377 e. The van der Waals surface area contributed by atoms with Gasteiger partial charge < -0.3 is 5.32 Å². The molecule has 0 aromatic heterocycles. The van der Waals surface area contributed by atoms with Crippen LogP contribution in [0.2, 0.25) is 0 Å². The lowest BCUT2D eigenvalue weighted by Crippen LogP contribution is -2.08. The summed E-state index contributed by atoms with van der Waals surface area (Å²) in [6, 6.07) is 11.9. The molecule has 0 heterocycles. The summed E-state index contributed by atoms with van der Waals surface area (Å²) in [6.45, 7) is 2.12. The maximum Gasteiger partial charge on any atom is 0.124 e. The van der Waals surface area contributed by atoms with E-state index in [9.17, 15) is 4.39 Å². The zero-order valence-electron chi connectivity index (χ0n) is 10.7. The molecule has 0 spiro atoms. The molecule has 0 fully saturated rings. The van der Waals surface area contributed by atoms with Crippen LogP contribution in [0.15, 0.2) is 36.4 Å². The van der Waals surface area contributed by atoms with E-state index in [1.54, 1.807) is 6.07 Å². The number of hydrogen-bond donors (Lipinski definition) is 1. The van der Waals surface area contributed by atoms with Gasteiger partial charge in [0.15, 0.2) is 0 Å². The molecule has 98 valence electrons. The quantitative estimate of drug-likeness (QED) is 0.750. The second-order valence-corrected chi connectivity index (χ2v) is 6.22. The van der Waals surface area contributed by atoms with Gasteiger partial charge in [0.05, 0.1) is 6.04 Å². The summed E-state index contributed by atoms with van der Waals surface area (Å²) in [7, 11) is 0. The fourth-order valence-corrected chi connectivity index (χ4v) is 3.30. The summed E-state index contributed by atoms with van der Waals surface area (Å²) in [5, 5.41) is 3.55. The van der Waals surface area contributed by atoms with E-state index in [2.05, 4.69) is 53.0 Å². The van der Waals surface area contributed by atoms with Gasteiger partial charge in [-0.2, -0.15) is 0 Å². The normalized spacial score (nSPS) is 17.3. The highest BCUT2D eigenvalue weighted by molar-refractivity contribution is 14.1. The molecule has 19 heavy (non-hydrogen) atoms. The van der Waals surface area contributed by atoms with E-state index in [0.717, 1.165) is 22.1 Å². The molecule has 0 aliphatic heterocycles. The molecule has 2 aromatic rings. The lowest BCUT2D eigenvalue weighted by molar-refractivity contribution is 0.626. The Hall–Kier alpha value is -1.10. The average Bonchev–Trinajstić information content (AvgIpc) is 2.75. The van der Waals surface area contributed by atoms with Crippen LogP contribution in [0, 0.1) is 16.3 Å². The molecular weight excluding hydrogens is 352 g/mol. The van der Waals surface area contributed by atoms with E-state index in [-0.39, 0.29) is 5.82 Å². The fourth-order valence-electron chi connectivity index (χ4n) is 2.67. The third-order valence-corrected chi connectivity index (χ3v) is 4.53. The molecule has 1 unspecified atom stereocenters. The van der Waals surface area contributed by atoms with E-state index in [1.165, 1.54) is 22.8 Å². The van der Waals surface area contributed by atoms with Crippen molar-refractivity contribution in [3.05, 3.63) is 62.5 Å². The van der Waals surface area contributed by atoms with Gasteiger partial charge in [0.25, 0.3) is 0 Å². The van der Waals surface area contributed by atoms with Gasteiger partial charge in [0.2, 0.25) is 0 Å². The third kappa shape index (κ3) is 2.61. The van der Waals surface area contributed by atoms with Crippen molar-refractivity contribution in [2.75, 3.05) is 5.32 Å². The van der Waals surface area contributed by atoms with Crippen molar-refractivity contribution < 1.29 is 4.39 Å². The van der Waals surface area contributed by atoms with Crippen LogP contribution in [0.4, 0.5) is 10.1 Å². The fraction of sp³-hybridized carbons (Fsp3) is 0.250. The molecule has 3 heteroatoms. The molecule has 0 saturated heterocycles. The van der Waals surface area contributed by atoms with Gasteiger partial charge in [-0.15, -0.1) is 0 Å². The first-order valence-electron chi connectivity index (χ1n) is 6.44. The van der Waals surface area contributed by atoms with Gasteiger partial charge >= 0.3 is 0 Å². The highest BCUT2D eigenvalue weighted by Gasteiger charge is 2.22. The number of rotatable bonds is 2. The van der Waals surface area contributed by atoms with Crippen LogP contribution in [0.1, 0.15) is 29.2 Å². The minimum Gasteiger partial charge on any atom is -0.377 e. The number of halogens is 2. The van der Waals surface area contributed by atoms with E-state index in [1.807, 2.05) is 6.07 Å². The molecule has 2 aromatic carbocycles. The SMILES string of the molecule is Cc1ccc2c(c1)C(Nc1ccc(F)cc1I)CC2. The number of aryl methyl sites for hydroxylation is 2. The smallest absolute Gasteiger partial charge is 0.124 e. The first-order chi connectivity index (χ1) is 9.13. The Labute approximate surface area is 126 Å². The average molecular weight is 367 g/mol. The second-order valence-electron chi connectivity index (χ2n) is 5.06. The molecule has 0 saturated carbocycles. The highest BCUT2D eigenvalue weighted by Crippen LogP contribution is 2.35. The van der Waals surface area contributed by atoms with Crippen molar-refractivity contribution in [1.29, 1.82) is 0 Å². The van der Waals surface area contributed by atoms with Crippen LogP contribution in [-0.4, -0.2) is 0 Å². The van der Waals surface area contributed by atoms with Crippen molar-refractivity contribution in [3.8, 4) is 0 Å². The van der Waals surface area contributed by atoms with Crippen molar-refractivity contribution in [2.24, 2.45) is 0 Å². The predicted molar refractivity (Wildman–Crippen MR) is 85.0 cm³/mol. The first-order valence-corrected chi connectivity index (χ1v) is 7.52. The standard InChI is InChI=1S/C16H15FIN/c1-10-2-3-11-4-6-15(13(11)8-10)19-16-7-5-12(17)9-14(16)18/h2-3,5,7-9,15,19H,4,6H2,1H3. The molecular formula is C16H15FIN. The molecule has 1 aliphatic carbocycles. The number of benzene rings is 2. The van der Waals surface area contributed by atoms with Crippen LogP contribution in [0.5, 0.6) is 0 Å². The van der Waals surface area contributed by atoms with Crippen LogP contribution < -0.4 is 5.32 Å². The monoisotopic (exact) mass is 367 g/mol. The van der Waals surface area contributed by atoms with E-state index in [4.69, 9.17) is 0 Å². The minimum atomic E-state index is -0.183. The molecule has 1 nitrogen and oxygen atoms in total. The Kier molecular flexibility index (Phi) is 3.48. The van der Waals surface area contributed by atoms with Gasteiger partial charge in [-0.1, -0.05) is 23.8 Å². The predicted octanol–water partition coefficient (Wildman–Crippen LogP) is 4.84. The van der Waals surface area contributed by atoms with E-state index < -0.39 is 0 Å². The molecule has 3 rings (SSSR count). The van der Waals surface area contributed by atoms with E-state index in [0.29, 0.717) is 6.04 Å². The second kappa shape index (κ2) is 5.12. The summed E-state index contributed by atoms with van der Waals surface area (Å²) < 4.78 is 14.0. The van der Waals surface area contributed by atoms with Crippen LogP contribution >= 0.6 is 22.6 Å². The van der Waals surface area contributed by atoms with Crippen LogP contribution in [0.25, 0.3) is 0 Å². The Morgan fingerprint density at radius 1 is 1.21 bits per heavy atom. The number of anilines is 1. The number of fused-ring (bicyclic) bond motifs is 1. The Morgan fingerprint density at radius 3 is 2.84 bits per heavy atom. The summed E-state index contributed by atoms with van der Waals surface area (Å²) in [5.74, 6) is -0.183. The number of hydrogen-bond acceptors (Lipinski definition) is 1. The van der Waals surface area contributed by atoms with Crippen LogP contribution in [-0.2, 0) is 6.42 Å². The summed E-state index contributed by atoms with van der Waals surface area (Å²) in [6.07, 6.45) is 2.22. The zero-order valence-corrected chi connectivity index (χ0v) is 12.9. The lowest BCUT2D eigenvalue weighted by atomic mass is 10.0. The minimum absolute atomic E-state index is 0.183.